The maximum absolute atomic E-state index is 14.4. The zero-order chi connectivity index (χ0) is 21.7. The summed E-state index contributed by atoms with van der Waals surface area (Å²) in [5.74, 6) is 2.21. The third-order valence-corrected chi connectivity index (χ3v) is 8.33. The fourth-order valence-corrected chi connectivity index (χ4v) is 7.26. The van der Waals surface area contributed by atoms with E-state index >= 15 is 0 Å². The van der Waals surface area contributed by atoms with E-state index in [2.05, 4.69) is 24.9 Å². The Labute approximate surface area is 181 Å². The van der Waals surface area contributed by atoms with E-state index in [1.54, 1.807) is 6.07 Å². The predicted molar refractivity (Wildman–Crippen MR) is 118 cm³/mol. The number of aliphatic hydroxyl groups is 1. The first kappa shape index (κ1) is 22.0. The summed E-state index contributed by atoms with van der Waals surface area (Å²) in [7, 11) is 2.06. The number of likely N-dealkylation sites (N-methyl/N-ethyl adjacent to an activating group) is 1. The average Bonchev–Trinajstić information content (AvgIpc) is 2.91. The Balaban J connectivity index is 1.49. The third kappa shape index (κ3) is 3.98. The van der Waals surface area contributed by atoms with Gasteiger partial charge >= 0.3 is 0 Å². The second kappa shape index (κ2) is 8.02. The lowest BCUT2D eigenvalue weighted by Crippen LogP contribution is -2.44. The van der Waals surface area contributed by atoms with Gasteiger partial charge in [0.25, 0.3) is 0 Å². The van der Waals surface area contributed by atoms with Crippen molar-refractivity contribution in [1.82, 2.24) is 4.90 Å². The average molecular weight is 416 g/mol. The molecule has 0 aromatic heterocycles. The second-order valence-corrected chi connectivity index (χ2v) is 11.2. The van der Waals surface area contributed by atoms with Crippen LogP contribution >= 0.6 is 0 Å². The highest BCUT2D eigenvalue weighted by atomic mass is 19.1. The predicted octanol–water partition coefficient (Wildman–Crippen LogP) is 4.96. The molecular formula is C26H38FNO2. The monoisotopic (exact) mass is 415 g/mol. The van der Waals surface area contributed by atoms with E-state index in [9.17, 15) is 14.3 Å². The molecule has 5 atom stereocenters. The van der Waals surface area contributed by atoms with Gasteiger partial charge in [-0.2, -0.15) is 0 Å². The molecule has 0 saturated heterocycles. The zero-order valence-corrected chi connectivity index (χ0v) is 19.1. The maximum Gasteiger partial charge on any atom is 0.139 e. The molecule has 4 heteroatoms. The van der Waals surface area contributed by atoms with E-state index in [0.29, 0.717) is 36.0 Å². The van der Waals surface area contributed by atoms with Crippen LogP contribution in [-0.2, 0) is 11.2 Å². The SMILES string of the molecule is CN(CCC[C@@H]1CC(=O)[C@@]2(C)CCC3c4cccc(F)c4CCC3C12)CC(C)(C)O. The van der Waals surface area contributed by atoms with Crippen LogP contribution in [0, 0.1) is 29.0 Å². The van der Waals surface area contributed by atoms with Gasteiger partial charge in [-0.25, -0.2) is 4.39 Å². The Hall–Kier alpha value is -1.26. The summed E-state index contributed by atoms with van der Waals surface area (Å²) >= 11 is 0. The topological polar surface area (TPSA) is 40.5 Å². The summed E-state index contributed by atoms with van der Waals surface area (Å²) in [5, 5.41) is 10.0. The number of Topliss-reactive ketones (excluding diaryl/α,β-unsaturated/α-hetero) is 1. The molecule has 0 aliphatic heterocycles. The second-order valence-electron chi connectivity index (χ2n) is 11.2. The molecule has 3 aliphatic rings. The van der Waals surface area contributed by atoms with Crippen LogP contribution in [0.1, 0.15) is 76.3 Å². The molecule has 1 N–H and O–H groups in total. The van der Waals surface area contributed by atoms with E-state index in [0.717, 1.165) is 57.1 Å². The van der Waals surface area contributed by atoms with Crippen LogP contribution in [0.25, 0.3) is 0 Å². The van der Waals surface area contributed by atoms with Crippen LogP contribution in [0.3, 0.4) is 0 Å². The smallest absolute Gasteiger partial charge is 0.139 e. The molecule has 30 heavy (non-hydrogen) atoms. The van der Waals surface area contributed by atoms with Crippen molar-refractivity contribution < 1.29 is 14.3 Å². The van der Waals surface area contributed by atoms with Gasteiger partial charge in [0.1, 0.15) is 11.6 Å². The molecule has 4 rings (SSSR count). The van der Waals surface area contributed by atoms with Crippen LogP contribution in [0.5, 0.6) is 0 Å². The standard InChI is InChI=1S/C26H38FNO2/c1-25(2,30)16-28(4)14-6-7-17-15-23(29)26(3)13-12-19-18-8-5-9-22(27)20(18)10-11-21(19)24(17)26/h5,8-9,17,19,21,24,30H,6-7,10-16H2,1-4H3/t17-,19?,21?,24?,26-/m1/s1. The van der Waals surface area contributed by atoms with Crippen molar-refractivity contribution in [3.8, 4) is 0 Å². The fraction of sp³-hybridized carbons (Fsp3) is 0.731. The quantitative estimate of drug-likeness (QED) is 0.714. The third-order valence-electron chi connectivity index (χ3n) is 8.33. The number of benzene rings is 1. The number of rotatable bonds is 6. The van der Waals surface area contributed by atoms with E-state index in [4.69, 9.17) is 0 Å². The van der Waals surface area contributed by atoms with Gasteiger partial charge in [0.2, 0.25) is 0 Å². The molecule has 2 fully saturated rings. The Kier molecular flexibility index (Phi) is 5.87. The fourth-order valence-electron chi connectivity index (χ4n) is 7.26. The molecule has 0 bridgehead atoms. The lowest BCUT2D eigenvalue weighted by molar-refractivity contribution is -0.129. The van der Waals surface area contributed by atoms with Gasteiger partial charge in [-0.3, -0.25) is 4.79 Å². The molecule has 166 valence electrons. The van der Waals surface area contributed by atoms with Gasteiger partial charge < -0.3 is 10.0 Å². The normalized spacial score (nSPS) is 33.4. The Morgan fingerprint density at radius 1 is 1.30 bits per heavy atom. The van der Waals surface area contributed by atoms with Gasteiger partial charge in [-0.1, -0.05) is 19.1 Å². The van der Waals surface area contributed by atoms with Crippen LogP contribution < -0.4 is 0 Å². The van der Waals surface area contributed by atoms with Crippen molar-refractivity contribution in [3.63, 3.8) is 0 Å². The molecule has 0 spiro atoms. The summed E-state index contributed by atoms with van der Waals surface area (Å²) < 4.78 is 14.4. The summed E-state index contributed by atoms with van der Waals surface area (Å²) in [6.07, 6.45) is 6.63. The van der Waals surface area contributed by atoms with E-state index < -0.39 is 5.60 Å². The number of halogens is 1. The first-order valence-corrected chi connectivity index (χ1v) is 11.8. The highest BCUT2D eigenvalue weighted by Crippen LogP contribution is 2.62. The molecule has 3 unspecified atom stereocenters. The molecule has 0 amide bonds. The number of nitrogens with zero attached hydrogens (tertiary/aromatic N) is 1. The van der Waals surface area contributed by atoms with Crippen molar-refractivity contribution >= 4 is 5.78 Å². The summed E-state index contributed by atoms with van der Waals surface area (Å²) in [4.78, 5) is 15.3. The van der Waals surface area contributed by atoms with Gasteiger partial charge in [0, 0.05) is 18.4 Å². The van der Waals surface area contributed by atoms with E-state index in [-0.39, 0.29) is 11.2 Å². The summed E-state index contributed by atoms with van der Waals surface area (Å²) in [6.45, 7) is 7.51. The Morgan fingerprint density at radius 2 is 2.07 bits per heavy atom. The van der Waals surface area contributed by atoms with Gasteiger partial charge in [-0.05, 0) is 107 Å². The van der Waals surface area contributed by atoms with Crippen LogP contribution in [0.15, 0.2) is 18.2 Å². The van der Waals surface area contributed by atoms with Crippen molar-refractivity contribution in [2.45, 2.75) is 77.2 Å². The highest BCUT2D eigenvalue weighted by Gasteiger charge is 2.58. The Morgan fingerprint density at radius 3 is 2.80 bits per heavy atom. The van der Waals surface area contributed by atoms with Crippen LogP contribution in [0.4, 0.5) is 4.39 Å². The van der Waals surface area contributed by atoms with Gasteiger partial charge in [0.15, 0.2) is 0 Å². The number of carbonyl (C=O) groups is 1. The number of fused-ring (bicyclic) bond motifs is 5. The molecule has 3 nitrogen and oxygen atoms in total. The zero-order valence-electron chi connectivity index (χ0n) is 19.1. The first-order chi connectivity index (χ1) is 14.1. The lowest BCUT2D eigenvalue weighted by Gasteiger charge is -2.50. The molecule has 1 aromatic carbocycles. The number of hydrogen-bond acceptors (Lipinski definition) is 3. The van der Waals surface area contributed by atoms with Crippen molar-refractivity contribution in [2.24, 2.45) is 23.2 Å². The van der Waals surface area contributed by atoms with Gasteiger partial charge in [0.05, 0.1) is 5.60 Å². The number of hydrogen-bond donors (Lipinski definition) is 1. The molecular weight excluding hydrogens is 377 g/mol. The highest BCUT2D eigenvalue weighted by molar-refractivity contribution is 5.87. The largest absolute Gasteiger partial charge is 0.389 e. The number of ketones is 1. The minimum absolute atomic E-state index is 0.0480. The number of carbonyl (C=O) groups excluding carboxylic acids is 1. The van der Waals surface area contributed by atoms with Gasteiger partial charge in [-0.15, -0.1) is 0 Å². The Bertz CT molecular complexity index is 801. The lowest BCUT2D eigenvalue weighted by atomic mass is 9.54. The molecule has 3 aliphatic carbocycles. The van der Waals surface area contributed by atoms with E-state index in [1.807, 2.05) is 19.9 Å². The molecule has 0 radical (unpaired) electrons. The van der Waals surface area contributed by atoms with Crippen LogP contribution in [0.2, 0.25) is 0 Å². The van der Waals surface area contributed by atoms with Crippen molar-refractivity contribution in [3.05, 3.63) is 35.1 Å². The minimum Gasteiger partial charge on any atom is -0.389 e. The maximum atomic E-state index is 14.4. The van der Waals surface area contributed by atoms with E-state index in [1.165, 1.54) is 5.56 Å². The van der Waals surface area contributed by atoms with Crippen molar-refractivity contribution in [2.75, 3.05) is 20.1 Å². The first-order valence-electron chi connectivity index (χ1n) is 11.8. The molecule has 1 aromatic rings. The van der Waals surface area contributed by atoms with Crippen LogP contribution in [-0.4, -0.2) is 41.5 Å². The molecule has 2 saturated carbocycles. The van der Waals surface area contributed by atoms with Crippen molar-refractivity contribution in [1.29, 1.82) is 0 Å². The summed E-state index contributed by atoms with van der Waals surface area (Å²) in [6, 6.07) is 5.59. The minimum atomic E-state index is -0.683. The molecule has 0 heterocycles. The summed E-state index contributed by atoms with van der Waals surface area (Å²) in [5.41, 5.74) is 1.28.